The Morgan fingerprint density at radius 2 is 1.90 bits per heavy atom. The molecular formula is C16H18N4O. The van der Waals surface area contributed by atoms with Gasteiger partial charge in [-0.1, -0.05) is 24.3 Å². The summed E-state index contributed by atoms with van der Waals surface area (Å²) in [5, 5.41) is 13.7. The summed E-state index contributed by atoms with van der Waals surface area (Å²) in [6.07, 6.45) is 1.48. The quantitative estimate of drug-likeness (QED) is 0.580. The number of rotatable bonds is 5. The summed E-state index contributed by atoms with van der Waals surface area (Å²) in [7, 11) is 0. The molecule has 5 heteroatoms. The van der Waals surface area contributed by atoms with Crippen molar-refractivity contribution in [3.8, 4) is 5.75 Å². The first-order valence-corrected chi connectivity index (χ1v) is 6.70. The highest BCUT2D eigenvalue weighted by molar-refractivity contribution is 5.98. The molecule has 0 aliphatic rings. The van der Waals surface area contributed by atoms with Crippen molar-refractivity contribution in [1.29, 1.82) is 5.41 Å². The smallest absolute Gasteiger partial charge is 0.221 e. The maximum Gasteiger partial charge on any atom is 0.221 e. The van der Waals surface area contributed by atoms with Crippen molar-refractivity contribution in [2.24, 2.45) is 4.99 Å². The Morgan fingerprint density at radius 1 is 1.14 bits per heavy atom. The monoisotopic (exact) mass is 282 g/mol. The fourth-order valence-corrected chi connectivity index (χ4v) is 1.71. The lowest BCUT2D eigenvalue weighted by Crippen LogP contribution is -2.09. The van der Waals surface area contributed by atoms with E-state index in [-0.39, 0.29) is 5.96 Å². The lowest BCUT2D eigenvalue weighted by atomic mass is 10.3. The van der Waals surface area contributed by atoms with Crippen molar-refractivity contribution in [2.75, 3.05) is 17.2 Å². The molecular weight excluding hydrogens is 264 g/mol. The summed E-state index contributed by atoms with van der Waals surface area (Å²) in [6, 6.07) is 17.1. The molecule has 0 spiro atoms. The van der Waals surface area contributed by atoms with Crippen LogP contribution in [0.15, 0.2) is 59.6 Å². The van der Waals surface area contributed by atoms with Crippen LogP contribution in [0.5, 0.6) is 5.75 Å². The van der Waals surface area contributed by atoms with Crippen molar-refractivity contribution < 1.29 is 4.74 Å². The van der Waals surface area contributed by atoms with E-state index in [0.29, 0.717) is 6.61 Å². The molecule has 0 unspecified atom stereocenters. The van der Waals surface area contributed by atoms with Gasteiger partial charge >= 0.3 is 0 Å². The topological polar surface area (TPSA) is 69.5 Å². The highest BCUT2D eigenvalue weighted by Crippen LogP contribution is 2.17. The summed E-state index contributed by atoms with van der Waals surface area (Å²) in [6.45, 7) is 2.54. The molecule has 3 N–H and O–H groups in total. The van der Waals surface area contributed by atoms with Crippen molar-refractivity contribution in [3.63, 3.8) is 0 Å². The Kier molecular flexibility index (Phi) is 5.34. The third kappa shape index (κ3) is 4.99. The molecule has 0 amide bonds. The van der Waals surface area contributed by atoms with Gasteiger partial charge in [0, 0.05) is 17.4 Å². The van der Waals surface area contributed by atoms with Crippen LogP contribution in [0.25, 0.3) is 0 Å². The second-order valence-electron chi connectivity index (χ2n) is 4.20. The molecule has 0 fully saturated rings. The molecule has 0 aliphatic heterocycles. The molecule has 0 atom stereocenters. The van der Waals surface area contributed by atoms with Gasteiger partial charge in [-0.3, -0.25) is 5.41 Å². The lowest BCUT2D eigenvalue weighted by Gasteiger charge is -2.07. The zero-order valence-corrected chi connectivity index (χ0v) is 11.8. The number of nitrogens with zero attached hydrogens (tertiary/aromatic N) is 1. The van der Waals surface area contributed by atoms with Crippen molar-refractivity contribution in [3.05, 3.63) is 54.6 Å². The molecule has 5 nitrogen and oxygen atoms in total. The van der Waals surface area contributed by atoms with E-state index in [2.05, 4.69) is 15.6 Å². The minimum Gasteiger partial charge on any atom is -0.494 e. The van der Waals surface area contributed by atoms with Crippen LogP contribution in [0.2, 0.25) is 0 Å². The first-order chi connectivity index (χ1) is 10.3. The number of para-hydroxylation sites is 1. The average molecular weight is 282 g/mol. The molecule has 0 radical (unpaired) electrons. The molecule has 0 bridgehead atoms. The van der Waals surface area contributed by atoms with Crippen LogP contribution >= 0.6 is 0 Å². The SMILES string of the molecule is CCOc1cccc(NC(=N)/N=C\Nc2ccccc2)c1. The first kappa shape index (κ1) is 14.6. The largest absolute Gasteiger partial charge is 0.494 e. The van der Waals surface area contributed by atoms with E-state index >= 15 is 0 Å². The highest BCUT2D eigenvalue weighted by atomic mass is 16.5. The maximum absolute atomic E-state index is 7.77. The zero-order chi connectivity index (χ0) is 14.9. The van der Waals surface area contributed by atoms with E-state index in [9.17, 15) is 0 Å². The van der Waals surface area contributed by atoms with Gasteiger partial charge in [-0.05, 0) is 31.2 Å². The third-order valence-electron chi connectivity index (χ3n) is 2.61. The zero-order valence-electron chi connectivity index (χ0n) is 11.8. The van der Waals surface area contributed by atoms with Gasteiger partial charge in [0.15, 0.2) is 0 Å². The minimum atomic E-state index is 0.0482. The lowest BCUT2D eigenvalue weighted by molar-refractivity contribution is 0.340. The van der Waals surface area contributed by atoms with Crippen LogP contribution in [0.3, 0.4) is 0 Å². The molecule has 2 aromatic rings. The molecule has 0 saturated carbocycles. The predicted octanol–water partition coefficient (Wildman–Crippen LogP) is 3.57. The first-order valence-electron chi connectivity index (χ1n) is 6.70. The number of aliphatic imine (C=N–C) groups is 1. The normalized spacial score (nSPS) is 10.3. The van der Waals surface area contributed by atoms with Gasteiger partial charge in [0.25, 0.3) is 0 Å². The van der Waals surface area contributed by atoms with E-state index in [0.717, 1.165) is 17.1 Å². The van der Waals surface area contributed by atoms with E-state index in [1.165, 1.54) is 6.34 Å². The van der Waals surface area contributed by atoms with Gasteiger partial charge in [0.1, 0.15) is 5.75 Å². The van der Waals surface area contributed by atoms with Crippen molar-refractivity contribution in [1.82, 2.24) is 0 Å². The van der Waals surface area contributed by atoms with E-state index in [4.69, 9.17) is 10.1 Å². The predicted molar refractivity (Wildman–Crippen MR) is 87.5 cm³/mol. The van der Waals surface area contributed by atoms with Crippen LogP contribution in [-0.2, 0) is 0 Å². The van der Waals surface area contributed by atoms with Crippen LogP contribution < -0.4 is 15.4 Å². The number of guanidine groups is 1. The van der Waals surface area contributed by atoms with Crippen LogP contribution in [0.4, 0.5) is 11.4 Å². The summed E-state index contributed by atoms with van der Waals surface area (Å²) in [4.78, 5) is 3.99. The fraction of sp³-hybridized carbons (Fsp3) is 0.125. The van der Waals surface area contributed by atoms with Gasteiger partial charge in [-0.2, -0.15) is 0 Å². The van der Waals surface area contributed by atoms with E-state index in [1.807, 2.05) is 61.5 Å². The van der Waals surface area contributed by atoms with Gasteiger partial charge in [0.2, 0.25) is 5.96 Å². The number of benzene rings is 2. The van der Waals surface area contributed by atoms with Gasteiger partial charge in [0.05, 0.1) is 12.9 Å². The molecule has 0 aromatic heterocycles. The number of hydrogen-bond donors (Lipinski definition) is 3. The van der Waals surface area contributed by atoms with Gasteiger partial charge in [-0.25, -0.2) is 4.99 Å². The number of hydrogen-bond acceptors (Lipinski definition) is 2. The molecule has 2 aromatic carbocycles. The average Bonchev–Trinajstić information content (AvgIpc) is 2.49. The Morgan fingerprint density at radius 3 is 2.67 bits per heavy atom. The molecule has 0 heterocycles. The Balaban J connectivity index is 1.88. The summed E-state index contributed by atoms with van der Waals surface area (Å²) < 4.78 is 5.41. The summed E-state index contributed by atoms with van der Waals surface area (Å²) in [5.74, 6) is 0.814. The maximum atomic E-state index is 7.77. The van der Waals surface area contributed by atoms with Crippen molar-refractivity contribution >= 4 is 23.7 Å². The Bertz CT molecular complexity index is 611. The highest BCUT2D eigenvalue weighted by Gasteiger charge is 1.98. The molecule has 0 saturated heterocycles. The molecule has 21 heavy (non-hydrogen) atoms. The van der Waals surface area contributed by atoms with Crippen LogP contribution in [0.1, 0.15) is 6.92 Å². The Hall–Kier alpha value is -2.82. The van der Waals surface area contributed by atoms with Gasteiger partial charge < -0.3 is 15.4 Å². The number of ether oxygens (including phenoxy) is 1. The van der Waals surface area contributed by atoms with Crippen LogP contribution in [0, 0.1) is 5.41 Å². The molecule has 108 valence electrons. The molecule has 0 aliphatic carbocycles. The van der Waals surface area contributed by atoms with Crippen LogP contribution in [-0.4, -0.2) is 18.9 Å². The Labute approximate surface area is 124 Å². The van der Waals surface area contributed by atoms with E-state index in [1.54, 1.807) is 0 Å². The fourth-order valence-electron chi connectivity index (χ4n) is 1.71. The summed E-state index contributed by atoms with van der Waals surface area (Å²) >= 11 is 0. The van der Waals surface area contributed by atoms with E-state index < -0.39 is 0 Å². The summed E-state index contributed by atoms with van der Waals surface area (Å²) in [5.41, 5.74) is 1.69. The minimum absolute atomic E-state index is 0.0482. The second kappa shape index (κ2) is 7.69. The number of anilines is 2. The van der Waals surface area contributed by atoms with Gasteiger partial charge in [-0.15, -0.1) is 0 Å². The standard InChI is InChI=1S/C16H18N4O/c1-2-21-15-10-6-9-14(11-15)20-16(17)19-12-18-13-7-4-3-5-8-13/h3-12H,2H2,1H3,(H3,17,18,19,20). The second-order valence-corrected chi connectivity index (χ2v) is 4.20. The number of nitrogens with one attached hydrogen (secondary N) is 3. The van der Waals surface area contributed by atoms with Crippen molar-refractivity contribution in [2.45, 2.75) is 6.92 Å². The molecule has 2 rings (SSSR count). The third-order valence-corrected chi connectivity index (χ3v) is 2.61.